The van der Waals surface area contributed by atoms with Gasteiger partial charge in [-0.05, 0) is 44.1 Å². The van der Waals surface area contributed by atoms with Crippen LogP contribution in [0.1, 0.15) is 70.4 Å². The lowest BCUT2D eigenvalue weighted by Crippen LogP contribution is -2.35. The van der Waals surface area contributed by atoms with E-state index in [0.717, 1.165) is 17.9 Å². The molecule has 1 atom stereocenters. The molecule has 0 spiro atoms. The molecule has 0 heterocycles. The molecule has 1 aromatic rings. The zero-order valence-electron chi connectivity index (χ0n) is 12.9. The third kappa shape index (κ3) is 3.99. The molecule has 1 saturated carbocycles. The highest BCUT2D eigenvalue weighted by Gasteiger charge is 2.23. The SMILES string of the molecule is CCCC1CCC(NC(CC)c2ccccc2O)CC1. The molecule has 2 nitrogen and oxygen atoms in total. The standard InChI is InChI=1S/C18H29NO/c1-3-7-14-10-12-15(13-11-14)19-17(4-2)16-8-5-6-9-18(16)20/h5-6,8-9,14-15,17,19-20H,3-4,7,10-13H2,1-2H3. The molecular formula is C18H29NO. The number of hydrogen-bond donors (Lipinski definition) is 2. The first-order valence-corrected chi connectivity index (χ1v) is 8.28. The van der Waals surface area contributed by atoms with Crippen molar-refractivity contribution in [2.75, 3.05) is 0 Å². The minimum atomic E-state index is 0.281. The molecule has 0 bridgehead atoms. The van der Waals surface area contributed by atoms with Gasteiger partial charge in [0.05, 0.1) is 0 Å². The van der Waals surface area contributed by atoms with E-state index >= 15 is 0 Å². The quantitative estimate of drug-likeness (QED) is 0.782. The van der Waals surface area contributed by atoms with Crippen LogP contribution in [0, 0.1) is 5.92 Å². The van der Waals surface area contributed by atoms with Crippen molar-refractivity contribution < 1.29 is 5.11 Å². The van der Waals surface area contributed by atoms with Gasteiger partial charge in [-0.1, -0.05) is 44.9 Å². The van der Waals surface area contributed by atoms with Crippen LogP contribution >= 0.6 is 0 Å². The van der Waals surface area contributed by atoms with E-state index in [9.17, 15) is 5.11 Å². The Labute approximate surface area is 123 Å². The van der Waals surface area contributed by atoms with Crippen molar-refractivity contribution in [1.29, 1.82) is 0 Å². The van der Waals surface area contributed by atoms with E-state index < -0.39 is 0 Å². The Bertz CT molecular complexity index is 396. The third-order valence-corrected chi connectivity index (χ3v) is 4.70. The maximum Gasteiger partial charge on any atom is 0.120 e. The molecule has 2 rings (SSSR count). The van der Waals surface area contributed by atoms with Gasteiger partial charge in [-0.3, -0.25) is 0 Å². The van der Waals surface area contributed by atoms with Gasteiger partial charge in [0, 0.05) is 17.6 Å². The Morgan fingerprint density at radius 1 is 1.15 bits per heavy atom. The summed E-state index contributed by atoms with van der Waals surface area (Å²) in [7, 11) is 0. The number of hydrogen-bond acceptors (Lipinski definition) is 2. The van der Waals surface area contributed by atoms with E-state index in [1.165, 1.54) is 38.5 Å². The predicted octanol–water partition coefficient (Wildman–Crippen LogP) is 4.79. The van der Waals surface area contributed by atoms with Crippen LogP contribution in [0.3, 0.4) is 0 Å². The topological polar surface area (TPSA) is 32.3 Å². The monoisotopic (exact) mass is 275 g/mol. The lowest BCUT2D eigenvalue weighted by Gasteiger charge is -2.32. The molecule has 2 N–H and O–H groups in total. The molecule has 0 radical (unpaired) electrons. The maximum absolute atomic E-state index is 10.0. The van der Waals surface area contributed by atoms with Crippen molar-refractivity contribution in [3.05, 3.63) is 29.8 Å². The van der Waals surface area contributed by atoms with Crippen molar-refractivity contribution in [2.24, 2.45) is 5.92 Å². The molecule has 112 valence electrons. The fourth-order valence-corrected chi connectivity index (χ4v) is 3.52. The molecule has 1 unspecified atom stereocenters. The first-order valence-electron chi connectivity index (χ1n) is 8.28. The van der Waals surface area contributed by atoms with Crippen LogP contribution < -0.4 is 5.32 Å². The zero-order valence-corrected chi connectivity index (χ0v) is 12.9. The Balaban J connectivity index is 1.90. The smallest absolute Gasteiger partial charge is 0.120 e. The molecule has 1 fully saturated rings. The summed E-state index contributed by atoms with van der Waals surface area (Å²) in [5, 5.41) is 13.8. The average molecular weight is 275 g/mol. The van der Waals surface area contributed by atoms with Crippen molar-refractivity contribution in [1.82, 2.24) is 5.32 Å². The van der Waals surface area contributed by atoms with Crippen LogP contribution in [0.4, 0.5) is 0 Å². The molecule has 1 aliphatic carbocycles. The minimum Gasteiger partial charge on any atom is -0.508 e. The summed E-state index contributed by atoms with van der Waals surface area (Å²) in [6, 6.07) is 8.63. The van der Waals surface area contributed by atoms with Crippen LogP contribution in [0.5, 0.6) is 5.75 Å². The molecule has 0 saturated heterocycles. The molecular weight excluding hydrogens is 246 g/mol. The Hall–Kier alpha value is -1.02. The number of para-hydroxylation sites is 1. The van der Waals surface area contributed by atoms with Crippen molar-refractivity contribution in [3.8, 4) is 5.75 Å². The lowest BCUT2D eigenvalue weighted by molar-refractivity contribution is 0.260. The summed E-state index contributed by atoms with van der Waals surface area (Å²) in [5.41, 5.74) is 1.05. The van der Waals surface area contributed by atoms with Crippen LogP contribution in [-0.2, 0) is 0 Å². The van der Waals surface area contributed by atoms with E-state index in [-0.39, 0.29) is 6.04 Å². The maximum atomic E-state index is 10.0. The Kier molecular flexibility index (Phi) is 5.90. The Morgan fingerprint density at radius 2 is 1.85 bits per heavy atom. The van der Waals surface area contributed by atoms with Crippen molar-refractivity contribution in [3.63, 3.8) is 0 Å². The summed E-state index contributed by atoms with van der Waals surface area (Å²) in [6.45, 7) is 4.47. The highest BCUT2D eigenvalue weighted by molar-refractivity contribution is 5.34. The van der Waals surface area contributed by atoms with Crippen LogP contribution in [0.25, 0.3) is 0 Å². The Morgan fingerprint density at radius 3 is 2.45 bits per heavy atom. The van der Waals surface area contributed by atoms with Crippen LogP contribution in [-0.4, -0.2) is 11.1 Å². The van der Waals surface area contributed by atoms with Crippen LogP contribution in [0.2, 0.25) is 0 Å². The first-order chi connectivity index (χ1) is 9.74. The second-order valence-corrected chi connectivity index (χ2v) is 6.19. The van der Waals surface area contributed by atoms with Gasteiger partial charge in [0.25, 0.3) is 0 Å². The zero-order chi connectivity index (χ0) is 14.4. The van der Waals surface area contributed by atoms with Gasteiger partial charge in [0.1, 0.15) is 5.75 Å². The highest BCUT2D eigenvalue weighted by Crippen LogP contribution is 2.31. The van der Waals surface area contributed by atoms with Gasteiger partial charge < -0.3 is 10.4 Å². The molecule has 0 aromatic heterocycles. The van der Waals surface area contributed by atoms with Gasteiger partial charge in [-0.25, -0.2) is 0 Å². The fraction of sp³-hybridized carbons (Fsp3) is 0.667. The van der Waals surface area contributed by atoms with E-state index in [2.05, 4.69) is 19.2 Å². The number of aromatic hydroxyl groups is 1. The predicted molar refractivity (Wildman–Crippen MR) is 84.9 cm³/mol. The summed E-state index contributed by atoms with van der Waals surface area (Å²) in [6.07, 6.45) is 9.03. The van der Waals surface area contributed by atoms with E-state index in [0.29, 0.717) is 11.8 Å². The van der Waals surface area contributed by atoms with Crippen molar-refractivity contribution >= 4 is 0 Å². The number of rotatable bonds is 6. The minimum absolute atomic E-state index is 0.281. The molecule has 0 aliphatic heterocycles. The molecule has 1 aliphatic rings. The number of nitrogens with one attached hydrogen (secondary N) is 1. The second-order valence-electron chi connectivity index (χ2n) is 6.19. The van der Waals surface area contributed by atoms with E-state index in [4.69, 9.17) is 0 Å². The largest absolute Gasteiger partial charge is 0.508 e. The average Bonchev–Trinajstić information content (AvgIpc) is 2.48. The molecule has 2 heteroatoms. The van der Waals surface area contributed by atoms with Gasteiger partial charge >= 0.3 is 0 Å². The van der Waals surface area contributed by atoms with Crippen molar-refractivity contribution in [2.45, 2.75) is 70.9 Å². The summed E-state index contributed by atoms with van der Waals surface area (Å²) < 4.78 is 0. The number of phenols is 1. The fourth-order valence-electron chi connectivity index (χ4n) is 3.52. The normalized spacial score (nSPS) is 24.5. The molecule has 1 aromatic carbocycles. The van der Waals surface area contributed by atoms with Gasteiger partial charge in [-0.2, -0.15) is 0 Å². The van der Waals surface area contributed by atoms with Gasteiger partial charge in [0.15, 0.2) is 0 Å². The number of benzene rings is 1. The molecule has 0 amide bonds. The molecule has 20 heavy (non-hydrogen) atoms. The summed E-state index contributed by atoms with van der Waals surface area (Å²) in [4.78, 5) is 0. The summed E-state index contributed by atoms with van der Waals surface area (Å²) in [5.74, 6) is 1.37. The van der Waals surface area contributed by atoms with E-state index in [1.807, 2.05) is 18.2 Å². The van der Waals surface area contributed by atoms with Crippen LogP contribution in [0.15, 0.2) is 24.3 Å². The lowest BCUT2D eigenvalue weighted by atomic mass is 9.83. The highest BCUT2D eigenvalue weighted by atomic mass is 16.3. The second kappa shape index (κ2) is 7.68. The van der Waals surface area contributed by atoms with E-state index in [1.54, 1.807) is 6.07 Å². The van der Waals surface area contributed by atoms with Gasteiger partial charge in [-0.15, -0.1) is 0 Å². The summed E-state index contributed by atoms with van der Waals surface area (Å²) >= 11 is 0. The van der Waals surface area contributed by atoms with Gasteiger partial charge in [0.2, 0.25) is 0 Å². The third-order valence-electron chi connectivity index (χ3n) is 4.70. The number of phenolic OH excluding ortho intramolecular Hbond substituents is 1. The first kappa shape index (κ1) is 15.4.